The number of pyridine rings is 1. The molecule has 0 radical (unpaired) electrons. The Balaban J connectivity index is 1.32. The minimum Gasteiger partial charge on any atom is -0.399 e. The van der Waals surface area contributed by atoms with E-state index >= 15 is 0 Å². The predicted octanol–water partition coefficient (Wildman–Crippen LogP) is 4.01. The Bertz CT molecular complexity index is 1070. The maximum atomic E-state index is 13.2. The largest absolute Gasteiger partial charge is 0.399 e. The van der Waals surface area contributed by atoms with Crippen molar-refractivity contribution >= 4 is 17.4 Å². The van der Waals surface area contributed by atoms with Gasteiger partial charge in [-0.25, -0.2) is 4.98 Å². The SMILES string of the molecule is Nc1ccnc(N2CCC3(CC2)C[C@H](C(=O)NCc2ccccc2)c2ccccc23)c1. The van der Waals surface area contributed by atoms with Gasteiger partial charge in [0.1, 0.15) is 5.82 Å². The first-order valence-electron chi connectivity index (χ1n) is 11.0. The second kappa shape index (κ2) is 8.06. The van der Waals surface area contributed by atoms with Gasteiger partial charge in [0.15, 0.2) is 0 Å². The van der Waals surface area contributed by atoms with E-state index in [0.29, 0.717) is 6.54 Å². The molecule has 3 N–H and O–H groups in total. The number of nitrogens with one attached hydrogen (secondary N) is 1. The van der Waals surface area contributed by atoms with E-state index in [0.717, 1.165) is 49.4 Å². The number of nitrogens with two attached hydrogens (primary N) is 1. The summed E-state index contributed by atoms with van der Waals surface area (Å²) in [4.78, 5) is 20.0. The molecule has 5 heteroatoms. The van der Waals surface area contributed by atoms with Crippen molar-refractivity contribution in [2.75, 3.05) is 23.7 Å². The second-order valence-corrected chi connectivity index (χ2v) is 8.76. The molecule has 3 aromatic rings. The van der Waals surface area contributed by atoms with Crippen molar-refractivity contribution in [3.63, 3.8) is 0 Å². The van der Waals surface area contributed by atoms with E-state index in [1.807, 2.05) is 42.5 Å². The van der Waals surface area contributed by atoms with Crippen molar-refractivity contribution in [1.82, 2.24) is 10.3 Å². The highest BCUT2D eigenvalue weighted by atomic mass is 16.1. The number of piperidine rings is 1. The number of nitrogens with zero attached hydrogens (tertiary/aromatic N) is 2. The second-order valence-electron chi connectivity index (χ2n) is 8.76. The predicted molar refractivity (Wildman–Crippen MR) is 124 cm³/mol. The minimum atomic E-state index is -0.0862. The molecule has 1 aliphatic carbocycles. The average Bonchev–Trinajstić information content (AvgIpc) is 3.13. The molecule has 0 saturated carbocycles. The summed E-state index contributed by atoms with van der Waals surface area (Å²) >= 11 is 0. The van der Waals surface area contributed by atoms with Crippen LogP contribution in [0.3, 0.4) is 0 Å². The summed E-state index contributed by atoms with van der Waals surface area (Å²) in [6, 6.07) is 22.4. The number of hydrogen-bond donors (Lipinski definition) is 2. The number of hydrogen-bond acceptors (Lipinski definition) is 4. The number of aromatic nitrogens is 1. The van der Waals surface area contributed by atoms with Crippen LogP contribution >= 0.6 is 0 Å². The topological polar surface area (TPSA) is 71.2 Å². The zero-order valence-corrected chi connectivity index (χ0v) is 17.6. The highest BCUT2D eigenvalue weighted by Crippen LogP contribution is 2.52. The van der Waals surface area contributed by atoms with Crippen LogP contribution in [-0.2, 0) is 16.8 Å². The first kappa shape index (κ1) is 19.6. The fourth-order valence-corrected chi connectivity index (χ4v) is 5.28. The van der Waals surface area contributed by atoms with Crippen LogP contribution in [0.4, 0.5) is 11.5 Å². The summed E-state index contributed by atoms with van der Waals surface area (Å²) in [6.07, 6.45) is 4.68. The van der Waals surface area contributed by atoms with E-state index in [2.05, 4.69) is 39.5 Å². The molecule has 5 rings (SSSR count). The summed E-state index contributed by atoms with van der Waals surface area (Å²) in [5.74, 6) is 0.989. The van der Waals surface area contributed by atoms with Gasteiger partial charge in [-0.3, -0.25) is 4.79 Å². The average molecular weight is 413 g/mol. The highest BCUT2D eigenvalue weighted by molar-refractivity contribution is 5.85. The summed E-state index contributed by atoms with van der Waals surface area (Å²) in [6.45, 7) is 2.41. The maximum absolute atomic E-state index is 13.2. The molecule has 158 valence electrons. The van der Waals surface area contributed by atoms with Crippen molar-refractivity contribution < 1.29 is 4.79 Å². The minimum absolute atomic E-state index is 0.0577. The van der Waals surface area contributed by atoms with Gasteiger partial charge >= 0.3 is 0 Å². The third-order valence-corrected chi connectivity index (χ3v) is 6.94. The Morgan fingerprint density at radius 2 is 1.81 bits per heavy atom. The lowest BCUT2D eigenvalue weighted by molar-refractivity contribution is -0.123. The Morgan fingerprint density at radius 3 is 2.58 bits per heavy atom. The van der Waals surface area contributed by atoms with E-state index in [1.165, 1.54) is 11.1 Å². The molecule has 0 unspecified atom stereocenters. The van der Waals surface area contributed by atoms with Crippen LogP contribution in [-0.4, -0.2) is 24.0 Å². The quantitative estimate of drug-likeness (QED) is 0.679. The van der Waals surface area contributed by atoms with E-state index in [-0.39, 0.29) is 17.2 Å². The van der Waals surface area contributed by atoms with Gasteiger partial charge in [0.05, 0.1) is 5.92 Å². The normalized spacial score (nSPS) is 19.2. The number of benzene rings is 2. The lowest BCUT2D eigenvalue weighted by Gasteiger charge is -2.41. The Hall–Kier alpha value is -3.34. The van der Waals surface area contributed by atoms with Gasteiger partial charge in [-0.2, -0.15) is 0 Å². The van der Waals surface area contributed by atoms with Gasteiger partial charge in [-0.15, -0.1) is 0 Å². The summed E-state index contributed by atoms with van der Waals surface area (Å²) < 4.78 is 0. The van der Waals surface area contributed by atoms with Crippen LogP contribution in [0.1, 0.15) is 41.9 Å². The Kier molecular flexibility index (Phi) is 5.10. The number of rotatable bonds is 4. The molecule has 2 aromatic carbocycles. The van der Waals surface area contributed by atoms with Gasteiger partial charge in [0.2, 0.25) is 5.91 Å². The van der Waals surface area contributed by atoms with Crippen LogP contribution in [0.25, 0.3) is 0 Å². The summed E-state index contributed by atoms with van der Waals surface area (Å²) in [5, 5.41) is 3.17. The Labute approximate surface area is 183 Å². The summed E-state index contributed by atoms with van der Waals surface area (Å²) in [5.41, 5.74) is 10.4. The van der Waals surface area contributed by atoms with Crippen LogP contribution in [0, 0.1) is 0 Å². The molecule has 1 aliphatic heterocycles. The molecule has 1 saturated heterocycles. The van der Waals surface area contributed by atoms with Crippen LogP contribution < -0.4 is 16.0 Å². The van der Waals surface area contributed by atoms with Crippen LogP contribution in [0.15, 0.2) is 72.9 Å². The fraction of sp³-hybridized carbons (Fsp3) is 0.308. The molecule has 1 amide bonds. The molecule has 1 atom stereocenters. The van der Waals surface area contributed by atoms with Gasteiger partial charge < -0.3 is 16.0 Å². The number of nitrogen functional groups attached to an aromatic ring is 1. The maximum Gasteiger partial charge on any atom is 0.227 e. The molecule has 5 nitrogen and oxygen atoms in total. The molecule has 2 aliphatic rings. The first-order valence-corrected chi connectivity index (χ1v) is 11.0. The molecule has 1 aromatic heterocycles. The highest BCUT2D eigenvalue weighted by Gasteiger charge is 2.47. The van der Waals surface area contributed by atoms with E-state index in [1.54, 1.807) is 6.20 Å². The Morgan fingerprint density at radius 1 is 1.06 bits per heavy atom. The molecular formula is C26H28N4O. The monoisotopic (exact) mass is 412 g/mol. The van der Waals surface area contributed by atoms with Crippen LogP contribution in [0.2, 0.25) is 0 Å². The van der Waals surface area contributed by atoms with Gasteiger partial charge in [-0.05, 0) is 42.0 Å². The molecule has 1 spiro atoms. The zero-order valence-electron chi connectivity index (χ0n) is 17.6. The van der Waals surface area contributed by atoms with Crippen molar-refractivity contribution in [3.8, 4) is 0 Å². The van der Waals surface area contributed by atoms with E-state index < -0.39 is 0 Å². The molecule has 2 heterocycles. The standard InChI is InChI=1S/C26H28N4O/c27-20-10-13-28-24(16-20)30-14-11-26(12-15-30)17-22(21-8-4-5-9-23(21)26)25(31)29-18-19-6-2-1-3-7-19/h1-10,13,16,22H,11-12,14-15,17-18H2,(H2,27,28)(H,29,31)/t22-/m0/s1. The zero-order chi connectivity index (χ0) is 21.3. The molecule has 1 fully saturated rings. The van der Waals surface area contributed by atoms with Crippen molar-refractivity contribution in [2.45, 2.75) is 37.1 Å². The number of anilines is 2. The summed E-state index contributed by atoms with van der Waals surface area (Å²) in [7, 11) is 0. The number of carbonyl (C=O) groups is 1. The van der Waals surface area contributed by atoms with Gasteiger partial charge in [0, 0.05) is 43.0 Å². The lowest BCUT2D eigenvalue weighted by Crippen LogP contribution is -2.42. The van der Waals surface area contributed by atoms with Crippen molar-refractivity contribution in [2.24, 2.45) is 0 Å². The number of carbonyl (C=O) groups excluding carboxylic acids is 1. The number of fused-ring (bicyclic) bond motifs is 2. The third kappa shape index (κ3) is 3.76. The fourth-order valence-electron chi connectivity index (χ4n) is 5.28. The van der Waals surface area contributed by atoms with Gasteiger partial charge in [-0.1, -0.05) is 54.6 Å². The molecular weight excluding hydrogens is 384 g/mol. The molecule has 31 heavy (non-hydrogen) atoms. The smallest absolute Gasteiger partial charge is 0.227 e. The van der Waals surface area contributed by atoms with Gasteiger partial charge in [0.25, 0.3) is 0 Å². The van der Waals surface area contributed by atoms with Crippen molar-refractivity contribution in [3.05, 3.63) is 89.6 Å². The third-order valence-electron chi connectivity index (χ3n) is 6.94. The molecule has 0 bridgehead atoms. The lowest BCUT2D eigenvalue weighted by atomic mass is 9.73. The number of amides is 1. The van der Waals surface area contributed by atoms with E-state index in [9.17, 15) is 4.79 Å². The van der Waals surface area contributed by atoms with Crippen molar-refractivity contribution in [1.29, 1.82) is 0 Å². The van der Waals surface area contributed by atoms with Crippen LogP contribution in [0.5, 0.6) is 0 Å². The van der Waals surface area contributed by atoms with E-state index in [4.69, 9.17) is 5.73 Å². The first-order chi connectivity index (χ1) is 15.1.